The molecule has 0 atom stereocenters. The number of anilines is 1. The summed E-state index contributed by atoms with van der Waals surface area (Å²) in [6.45, 7) is 3.03. The van der Waals surface area contributed by atoms with Crippen LogP contribution < -0.4 is 10.6 Å². The van der Waals surface area contributed by atoms with Crippen LogP contribution in [0.1, 0.15) is 43.0 Å². The van der Waals surface area contributed by atoms with E-state index in [4.69, 9.17) is 0 Å². The lowest BCUT2D eigenvalue weighted by Gasteiger charge is -2.25. The van der Waals surface area contributed by atoms with Crippen LogP contribution >= 0.6 is 0 Å². The number of carbonyl (C=O) groups is 1. The van der Waals surface area contributed by atoms with Crippen molar-refractivity contribution in [3.63, 3.8) is 0 Å². The van der Waals surface area contributed by atoms with Crippen LogP contribution in [-0.4, -0.2) is 23.9 Å². The second kappa shape index (κ2) is 7.06. The molecule has 2 N–H and O–H groups in total. The summed E-state index contributed by atoms with van der Waals surface area (Å²) >= 11 is 0. The van der Waals surface area contributed by atoms with Gasteiger partial charge in [-0.15, -0.1) is 0 Å². The number of benzene rings is 1. The molecule has 1 aliphatic rings. The fourth-order valence-electron chi connectivity index (χ4n) is 2.43. The van der Waals surface area contributed by atoms with Crippen molar-refractivity contribution >= 4 is 17.3 Å². The summed E-state index contributed by atoms with van der Waals surface area (Å²) in [6, 6.07) is 4.56. The topological polar surface area (TPSA) is 84.3 Å². The highest BCUT2D eigenvalue weighted by Gasteiger charge is 2.19. The normalized spacial score (nSPS) is 14.3. The lowest BCUT2D eigenvalue weighted by molar-refractivity contribution is -0.384. The molecule has 0 aromatic heterocycles. The SMILES string of the molecule is CCNC(=O)c1ccc(NCCC2CCC2)c([N+](=O)[O-])c1. The van der Waals surface area contributed by atoms with Crippen LogP contribution in [0.5, 0.6) is 0 Å². The molecule has 2 rings (SSSR count). The largest absolute Gasteiger partial charge is 0.379 e. The maximum atomic E-state index is 11.7. The first-order chi connectivity index (χ1) is 10.1. The summed E-state index contributed by atoms with van der Waals surface area (Å²) < 4.78 is 0. The van der Waals surface area contributed by atoms with Gasteiger partial charge in [0.2, 0.25) is 0 Å². The van der Waals surface area contributed by atoms with Crippen LogP contribution in [0.15, 0.2) is 18.2 Å². The molecule has 6 nitrogen and oxygen atoms in total. The number of amides is 1. The monoisotopic (exact) mass is 291 g/mol. The van der Waals surface area contributed by atoms with Crippen molar-refractivity contribution in [2.75, 3.05) is 18.4 Å². The van der Waals surface area contributed by atoms with E-state index in [1.807, 2.05) is 6.92 Å². The first-order valence-electron chi connectivity index (χ1n) is 7.42. The Balaban J connectivity index is 2.05. The van der Waals surface area contributed by atoms with Crippen LogP contribution in [-0.2, 0) is 0 Å². The molecule has 21 heavy (non-hydrogen) atoms. The van der Waals surface area contributed by atoms with Gasteiger partial charge in [0, 0.05) is 24.7 Å². The molecular weight excluding hydrogens is 270 g/mol. The molecule has 0 spiro atoms. The van der Waals surface area contributed by atoms with Crippen LogP contribution in [0, 0.1) is 16.0 Å². The highest BCUT2D eigenvalue weighted by molar-refractivity contribution is 5.95. The molecule has 1 aromatic carbocycles. The number of nitro benzene ring substituents is 1. The number of carbonyl (C=O) groups excluding carboxylic acids is 1. The van der Waals surface area contributed by atoms with Crippen LogP contribution in [0.2, 0.25) is 0 Å². The van der Waals surface area contributed by atoms with Crippen molar-refractivity contribution in [1.29, 1.82) is 0 Å². The minimum Gasteiger partial charge on any atom is -0.379 e. The van der Waals surface area contributed by atoms with Gasteiger partial charge in [-0.05, 0) is 31.4 Å². The number of nitrogens with zero attached hydrogens (tertiary/aromatic N) is 1. The minimum absolute atomic E-state index is 0.0487. The molecule has 0 bridgehead atoms. The van der Waals surface area contributed by atoms with E-state index in [0.717, 1.165) is 18.9 Å². The number of nitrogens with one attached hydrogen (secondary N) is 2. The molecule has 1 amide bonds. The summed E-state index contributed by atoms with van der Waals surface area (Å²) in [5.41, 5.74) is 0.743. The smallest absolute Gasteiger partial charge is 0.293 e. The molecule has 0 heterocycles. The summed E-state index contributed by atoms with van der Waals surface area (Å²) in [5, 5.41) is 16.9. The van der Waals surface area contributed by atoms with Crippen LogP contribution in [0.4, 0.5) is 11.4 Å². The molecule has 1 fully saturated rings. The Hall–Kier alpha value is -2.11. The van der Waals surface area contributed by atoms with Crippen molar-refractivity contribution in [3.8, 4) is 0 Å². The fourth-order valence-corrected chi connectivity index (χ4v) is 2.43. The van der Waals surface area contributed by atoms with Gasteiger partial charge in [0.05, 0.1) is 4.92 Å². The third-order valence-corrected chi connectivity index (χ3v) is 3.89. The van der Waals surface area contributed by atoms with Gasteiger partial charge in [-0.1, -0.05) is 19.3 Å². The highest BCUT2D eigenvalue weighted by Crippen LogP contribution is 2.30. The maximum Gasteiger partial charge on any atom is 0.293 e. The van der Waals surface area contributed by atoms with E-state index in [2.05, 4.69) is 10.6 Å². The van der Waals surface area contributed by atoms with E-state index in [0.29, 0.717) is 17.8 Å². The van der Waals surface area contributed by atoms with Gasteiger partial charge in [-0.2, -0.15) is 0 Å². The molecule has 1 aromatic rings. The number of hydrogen-bond acceptors (Lipinski definition) is 4. The van der Waals surface area contributed by atoms with Crippen molar-refractivity contribution in [2.24, 2.45) is 5.92 Å². The second-order valence-electron chi connectivity index (χ2n) is 5.36. The van der Waals surface area contributed by atoms with E-state index in [9.17, 15) is 14.9 Å². The van der Waals surface area contributed by atoms with Crippen LogP contribution in [0.3, 0.4) is 0 Å². The van der Waals surface area contributed by atoms with Gasteiger partial charge in [0.25, 0.3) is 11.6 Å². The van der Waals surface area contributed by atoms with Crippen LogP contribution in [0.25, 0.3) is 0 Å². The van der Waals surface area contributed by atoms with Gasteiger partial charge in [0.15, 0.2) is 0 Å². The molecule has 0 unspecified atom stereocenters. The summed E-state index contributed by atoms with van der Waals surface area (Å²) in [6.07, 6.45) is 4.86. The Bertz CT molecular complexity index is 527. The van der Waals surface area contributed by atoms with Crippen molar-refractivity contribution < 1.29 is 9.72 Å². The first-order valence-corrected chi connectivity index (χ1v) is 7.42. The summed E-state index contributed by atoms with van der Waals surface area (Å²) in [5.74, 6) is 0.466. The summed E-state index contributed by atoms with van der Waals surface area (Å²) in [4.78, 5) is 22.4. The molecule has 0 aliphatic heterocycles. The average molecular weight is 291 g/mol. The lowest BCUT2D eigenvalue weighted by Crippen LogP contribution is -2.22. The lowest BCUT2D eigenvalue weighted by atomic mass is 9.83. The zero-order valence-electron chi connectivity index (χ0n) is 12.2. The Morgan fingerprint density at radius 1 is 1.43 bits per heavy atom. The first kappa shape index (κ1) is 15.3. The van der Waals surface area contributed by atoms with Crippen molar-refractivity contribution in [1.82, 2.24) is 5.32 Å². The fraction of sp³-hybridized carbons (Fsp3) is 0.533. The highest BCUT2D eigenvalue weighted by atomic mass is 16.6. The molecule has 1 saturated carbocycles. The number of rotatable bonds is 7. The van der Waals surface area contributed by atoms with E-state index >= 15 is 0 Å². The van der Waals surface area contributed by atoms with Gasteiger partial charge in [-0.3, -0.25) is 14.9 Å². The van der Waals surface area contributed by atoms with E-state index < -0.39 is 4.92 Å². The predicted molar refractivity (Wildman–Crippen MR) is 81.6 cm³/mol. The Kier molecular flexibility index (Phi) is 5.14. The van der Waals surface area contributed by atoms with Crippen molar-refractivity contribution in [2.45, 2.75) is 32.6 Å². The van der Waals surface area contributed by atoms with Gasteiger partial charge >= 0.3 is 0 Å². The number of hydrogen-bond donors (Lipinski definition) is 2. The average Bonchev–Trinajstić information content (AvgIpc) is 2.41. The van der Waals surface area contributed by atoms with E-state index in [1.165, 1.54) is 25.3 Å². The van der Waals surface area contributed by atoms with Gasteiger partial charge in [0.1, 0.15) is 5.69 Å². The molecule has 6 heteroatoms. The second-order valence-corrected chi connectivity index (χ2v) is 5.36. The van der Waals surface area contributed by atoms with Gasteiger partial charge in [-0.25, -0.2) is 0 Å². The third kappa shape index (κ3) is 3.93. The van der Waals surface area contributed by atoms with Crippen molar-refractivity contribution in [3.05, 3.63) is 33.9 Å². The predicted octanol–water partition coefficient (Wildman–Crippen LogP) is 2.95. The molecule has 114 valence electrons. The number of nitro groups is 1. The van der Waals surface area contributed by atoms with E-state index in [1.54, 1.807) is 12.1 Å². The Labute approximate surface area is 124 Å². The molecule has 1 aliphatic carbocycles. The zero-order chi connectivity index (χ0) is 15.2. The standard InChI is InChI=1S/C15H21N3O3/c1-2-16-15(19)12-6-7-13(14(10-12)18(20)21)17-9-8-11-4-3-5-11/h6-7,10-11,17H,2-5,8-9H2,1H3,(H,16,19). The quantitative estimate of drug-likeness (QED) is 0.597. The molecular formula is C15H21N3O3. The Morgan fingerprint density at radius 2 is 2.19 bits per heavy atom. The maximum absolute atomic E-state index is 11.7. The van der Waals surface area contributed by atoms with Gasteiger partial charge < -0.3 is 10.6 Å². The minimum atomic E-state index is -0.450. The molecule has 0 saturated heterocycles. The molecule has 0 radical (unpaired) electrons. The van der Waals surface area contributed by atoms with E-state index in [-0.39, 0.29) is 11.6 Å². The summed E-state index contributed by atoms with van der Waals surface area (Å²) in [7, 11) is 0. The Morgan fingerprint density at radius 3 is 2.76 bits per heavy atom. The zero-order valence-corrected chi connectivity index (χ0v) is 12.2. The third-order valence-electron chi connectivity index (χ3n) is 3.89.